The minimum Gasteiger partial charge on any atom is -0.466 e. The SMILES string of the molecule is CCOC(=O)CCc1sc(NC(=O)OC(C)(C)C)cc1-c1ccccc1. The van der Waals surface area contributed by atoms with Gasteiger partial charge in [0.05, 0.1) is 18.0 Å². The van der Waals surface area contributed by atoms with Gasteiger partial charge in [0, 0.05) is 4.88 Å². The normalized spacial score (nSPS) is 11.1. The highest BCUT2D eigenvalue weighted by Crippen LogP contribution is 2.36. The number of aryl methyl sites for hydroxylation is 1. The summed E-state index contributed by atoms with van der Waals surface area (Å²) >= 11 is 1.45. The van der Waals surface area contributed by atoms with Crippen molar-refractivity contribution in [3.8, 4) is 11.1 Å². The van der Waals surface area contributed by atoms with E-state index in [1.807, 2.05) is 57.2 Å². The largest absolute Gasteiger partial charge is 0.466 e. The average molecular weight is 375 g/mol. The third kappa shape index (κ3) is 6.19. The molecule has 0 spiro atoms. The van der Waals surface area contributed by atoms with Crippen LogP contribution in [0.3, 0.4) is 0 Å². The zero-order chi connectivity index (χ0) is 19.2. The highest BCUT2D eigenvalue weighted by atomic mass is 32.1. The fraction of sp³-hybridized carbons (Fsp3) is 0.400. The van der Waals surface area contributed by atoms with Crippen molar-refractivity contribution >= 4 is 28.4 Å². The monoisotopic (exact) mass is 375 g/mol. The minimum atomic E-state index is -0.559. The molecule has 2 rings (SSSR count). The third-order valence-electron chi connectivity index (χ3n) is 3.38. The Morgan fingerprint density at radius 2 is 1.85 bits per heavy atom. The first kappa shape index (κ1) is 20.0. The van der Waals surface area contributed by atoms with Crippen molar-refractivity contribution in [2.75, 3.05) is 11.9 Å². The van der Waals surface area contributed by atoms with Crippen LogP contribution in [0, 0.1) is 0 Å². The van der Waals surface area contributed by atoms with Crippen LogP contribution in [0.1, 0.15) is 39.0 Å². The number of benzene rings is 1. The molecule has 26 heavy (non-hydrogen) atoms. The topological polar surface area (TPSA) is 64.6 Å². The lowest BCUT2D eigenvalue weighted by atomic mass is 10.0. The van der Waals surface area contributed by atoms with Crippen molar-refractivity contribution in [1.29, 1.82) is 0 Å². The molecule has 0 aliphatic carbocycles. The minimum absolute atomic E-state index is 0.221. The van der Waals surface area contributed by atoms with Crippen molar-refractivity contribution < 1.29 is 19.1 Å². The number of ether oxygens (including phenoxy) is 2. The van der Waals surface area contributed by atoms with E-state index in [1.54, 1.807) is 6.92 Å². The number of thiophene rings is 1. The Morgan fingerprint density at radius 3 is 2.46 bits per heavy atom. The summed E-state index contributed by atoms with van der Waals surface area (Å²) in [5, 5.41) is 3.47. The summed E-state index contributed by atoms with van der Waals surface area (Å²) in [6, 6.07) is 11.8. The number of esters is 1. The van der Waals surface area contributed by atoms with Crippen LogP contribution in [0.5, 0.6) is 0 Å². The molecule has 1 amide bonds. The molecule has 1 aromatic heterocycles. The van der Waals surface area contributed by atoms with Crippen LogP contribution in [-0.4, -0.2) is 24.3 Å². The number of nitrogens with one attached hydrogen (secondary N) is 1. The molecule has 0 aliphatic rings. The lowest BCUT2D eigenvalue weighted by Crippen LogP contribution is -2.26. The van der Waals surface area contributed by atoms with E-state index in [4.69, 9.17) is 9.47 Å². The lowest BCUT2D eigenvalue weighted by Gasteiger charge is -2.19. The molecule has 0 aliphatic heterocycles. The van der Waals surface area contributed by atoms with Gasteiger partial charge >= 0.3 is 12.1 Å². The van der Waals surface area contributed by atoms with Crippen LogP contribution in [0.2, 0.25) is 0 Å². The molecule has 140 valence electrons. The highest BCUT2D eigenvalue weighted by Gasteiger charge is 2.19. The second-order valence-electron chi connectivity index (χ2n) is 6.75. The quantitative estimate of drug-likeness (QED) is 0.700. The molecular formula is C20H25NO4S. The van der Waals surface area contributed by atoms with Gasteiger partial charge in [-0.05, 0) is 51.3 Å². The van der Waals surface area contributed by atoms with Crippen LogP contribution < -0.4 is 5.32 Å². The fourth-order valence-corrected chi connectivity index (χ4v) is 3.46. The van der Waals surface area contributed by atoms with Gasteiger partial charge in [-0.2, -0.15) is 0 Å². The maximum absolute atomic E-state index is 12.0. The Kier molecular flexibility index (Phi) is 6.80. The predicted molar refractivity (Wildman–Crippen MR) is 105 cm³/mol. The van der Waals surface area contributed by atoms with E-state index >= 15 is 0 Å². The van der Waals surface area contributed by atoms with Gasteiger partial charge in [-0.3, -0.25) is 10.1 Å². The molecule has 1 N–H and O–H groups in total. The number of hydrogen-bond acceptors (Lipinski definition) is 5. The Labute approximate surface area is 158 Å². The third-order valence-corrected chi connectivity index (χ3v) is 4.49. The Morgan fingerprint density at radius 1 is 1.15 bits per heavy atom. The van der Waals surface area contributed by atoms with Crippen LogP contribution in [0.25, 0.3) is 11.1 Å². The summed E-state index contributed by atoms with van der Waals surface area (Å²) < 4.78 is 10.3. The van der Waals surface area contributed by atoms with E-state index < -0.39 is 11.7 Å². The standard InChI is InChI=1S/C20H25NO4S/c1-5-24-18(22)12-11-16-15(14-9-7-6-8-10-14)13-17(26-16)21-19(23)25-20(2,3)4/h6-10,13H,5,11-12H2,1-4H3,(H,21,23). The number of carbonyl (C=O) groups excluding carboxylic acids is 2. The number of anilines is 1. The summed E-state index contributed by atoms with van der Waals surface area (Å²) in [5.74, 6) is -0.221. The Hall–Kier alpha value is -2.34. The van der Waals surface area contributed by atoms with Crippen molar-refractivity contribution in [1.82, 2.24) is 0 Å². The van der Waals surface area contributed by atoms with Crippen LogP contribution in [-0.2, 0) is 20.7 Å². The molecule has 2 aromatic rings. The molecule has 0 atom stereocenters. The van der Waals surface area contributed by atoms with Crippen LogP contribution >= 0.6 is 11.3 Å². The molecular weight excluding hydrogens is 350 g/mol. The summed E-state index contributed by atoms with van der Waals surface area (Å²) in [6.07, 6.45) is 0.374. The van der Waals surface area contributed by atoms with Gasteiger partial charge in [-0.1, -0.05) is 30.3 Å². The van der Waals surface area contributed by atoms with Gasteiger partial charge in [-0.15, -0.1) is 11.3 Å². The molecule has 0 radical (unpaired) electrons. The molecule has 0 fully saturated rings. The van der Waals surface area contributed by atoms with Gasteiger partial charge in [0.25, 0.3) is 0 Å². The van der Waals surface area contributed by atoms with E-state index in [2.05, 4.69) is 5.32 Å². The van der Waals surface area contributed by atoms with Gasteiger partial charge in [-0.25, -0.2) is 4.79 Å². The number of rotatable bonds is 6. The lowest BCUT2D eigenvalue weighted by molar-refractivity contribution is -0.143. The zero-order valence-corrected chi connectivity index (χ0v) is 16.4. The van der Waals surface area contributed by atoms with E-state index in [1.165, 1.54) is 11.3 Å². The van der Waals surface area contributed by atoms with Crippen molar-refractivity contribution in [2.24, 2.45) is 0 Å². The predicted octanol–water partition coefficient (Wildman–Crippen LogP) is 5.26. The second kappa shape index (κ2) is 8.85. The van der Waals surface area contributed by atoms with E-state index in [0.717, 1.165) is 16.0 Å². The average Bonchev–Trinajstić information content (AvgIpc) is 2.95. The van der Waals surface area contributed by atoms with Gasteiger partial charge < -0.3 is 9.47 Å². The zero-order valence-electron chi connectivity index (χ0n) is 15.6. The molecule has 6 heteroatoms. The number of carbonyl (C=O) groups is 2. The summed E-state index contributed by atoms with van der Waals surface area (Å²) in [4.78, 5) is 24.8. The first-order valence-corrected chi connectivity index (χ1v) is 9.44. The smallest absolute Gasteiger partial charge is 0.412 e. The number of hydrogen-bond donors (Lipinski definition) is 1. The molecule has 0 saturated heterocycles. The maximum atomic E-state index is 12.0. The molecule has 0 saturated carbocycles. The molecule has 0 unspecified atom stereocenters. The van der Waals surface area contributed by atoms with E-state index in [9.17, 15) is 9.59 Å². The highest BCUT2D eigenvalue weighted by molar-refractivity contribution is 7.16. The van der Waals surface area contributed by atoms with E-state index in [0.29, 0.717) is 24.4 Å². The van der Waals surface area contributed by atoms with Gasteiger partial charge in [0.15, 0.2) is 0 Å². The van der Waals surface area contributed by atoms with Crippen molar-refractivity contribution in [3.05, 3.63) is 41.3 Å². The summed E-state index contributed by atoms with van der Waals surface area (Å²) in [6.45, 7) is 7.63. The molecule has 1 heterocycles. The fourth-order valence-electron chi connectivity index (χ4n) is 2.39. The number of amides is 1. The van der Waals surface area contributed by atoms with E-state index in [-0.39, 0.29) is 5.97 Å². The summed E-state index contributed by atoms with van der Waals surface area (Å²) in [5.41, 5.74) is 1.49. The Bertz CT molecular complexity index is 747. The maximum Gasteiger partial charge on any atom is 0.412 e. The van der Waals surface area contributed by atoms with Crippen LogP contribution in [0.15, 0.2) is 36.4 Å². The Balaban J connectivity index is 2.20. The summed E-state index contributed by atoms with van der Waals surface area (Å²) in [7, 11) is 0. The van der Waals surface area contributed by atoms with Gasteiger partial charge in [0.2, 0.25) is 0 Å². The second-order valence-corrected chi connectivity index (χ2v) is 7.88. The van der Waals surface area contributed by atoms with Gasteiger partial charge in [0.1, 0.15) is 5.60 Å². The van der Waals surface area contributed by atoms with Crippen molar-refractivity contribution in [2.45, 2.75) is 46.1 Å². The molecule has 1 aromatic carbocycles. The first-order valence-electron chi connectivity index (χ1n) is 8.62. The van der Waals surface area contributed by atoms with Crippen molar-refractivity contribution in [3.63, 3.8) is 0 Å². The first-order chi connectivity index (χ1) is 12.3. The van der Waals surface area contributed by atoms with Crippen LogP contribution in [0.4, 0.5) is 9.80 Å². The molecule has 5 nitrogen and oxygen atoms in total. The molecule has 0 bridgehead atoms.